The molecule has 0 unspecified atom stereocenters. The minimum absolute atomic E-state index is 0.160. The first-order chi connectivity index (χ1) is 21.7. The molecule has 0 radical (unpaired) electrons. The zero-order valence-electron chi connectivity index (χ0n) is 26.5. The third kappa shape index (κ3) is 8.23. The molecule has 9 heteroatoms. The van der Waals surface area contributed by atoms with Gasteiger partial charge in [-0.3, -0.25) is 14.6 Å². The smallest absolute Gasteiger partial charge is 0.254 e. The maximum Gasteiger partial charge on any atom is 0.254 e. The molecule has 2 aromatic carbocycles. The summed E-state index contributed by atoms with van der Waals surface area (Å²) in [5.41, 5.74) is 5.58. The van der Waals surface area contributed by atoms with Gasteiger partial charge in [-0.2, -0.15) is 0 Å². The fraction of sp³-hybridized carbons (Fsp3) is 0.389. The highest BCUT2D eigenvalue weighted by molar-refractivity contribution is 6.00. The van der Waals surface area contributed by atoms with Gasteiger partial charge in [0.15, 0.2) is 0 Å². The normalized spacial score (nSPS) is 16.1. The Morgan fingerprint density at radius 2 is 1.82 bits per heavy atom. The van der Waals surface area contributed by atoms with Crippen LogP contribution in [0.5, 0.6) is 0 Å². The fourth-order valence-electron chi connectivity index (χ4n) is 5.82. The Morgan fingerprint density at radius 1 is 1.04 bits per heavy atom. The maximum atomic E-state index is 13.7. The number of hydrogen-bond donors (Lipinski definition) is 3. The maximum absolute atomic E-state index is 13.7. The number of hydrogen-bond acceptors (Lipinski definition) is 7. The summed E-state index contributed by atoms with van der Waals surface area (Å²) in [6.45, 7) is 9.41. The van der Waals surface area contributed by atoms with E-state index in [4.69, 9.17) is 4.42 Å². The van der Waals surface area contributed by atoms with Crippen LogP contribution in [-0.4, -0.2) is 57.0 Å². The van der Waals surface area contributed by atoms with Gasteiger partial charge in [-0.25, -0.2) is 4.98 Å². The molecule has 3 atom stereocenters. The van der Waals surface area contributed by atoms with Crippen molar-refractivity contribution >= 4 is 11.8 Å². The molecular weight excluding hydrogens is 566 g/mol. The SMILES string of the molecule is Cc1cc(C(=O)N[C@@H](Cc2ccccc2)[C@@H](O)CNCc2cncc(C(C)C)c2)cc(C(=O)N2CCC[C@@H]2c2nc(C)co2)c1. The van der Waals surface area contributed by atoms with Gasteiger partial charge in [0.25, 0.3) is 11.8 Å². The van der Waals surface area contributed by atoms with Crippen molar-refractivity contribution < 1.29 is 19.1 Å². The number of likely N-dealkylation sites (tertiary alicyclic amines) is 1. The lowest BCUT2D eigenvalue weighted by Crippen LogP contribution is -2.48. The number of aliphatic hydroxyl groups is 1. The van der Waals surface area contributed by atoms with Gasteiger partial charge in [0.2, 0.25) is 5.89 Å². The third-order valence-corrected chi connectivity index (χ3v) is 8.27. The van der Waals surface area contributed by atoms with Gasteiger partial charge in [-0.1, -0.05) is 50.2 Å². The van der Waals surface area contributed by atoms with E-state index in [1.807, 2.05) is 56.6 Å². The molecule has 1 saturated heterocycles. The number of aromatic nitrogens is 2. The lowest BCUT2D eigenvalue weighted by Gasteiger charge is -2.25. The standard InChI is InChI=1S/C36H43N5O4/c1-23(2)30-15-27(18-37-20-30)19-38-21-33(42)31(16-26-9-6-5-7-10-26)40-34(43)28-13-24(3)14-29(17-28)36(44)41-12-8-11-32(41)35-39-25(4)22-45-35/h5-7,9-10,13-15,17-18,20,22-23,31-33,38,42H,8,11-12,16,19,21H2,1-4H3,(H,40,43)/t31-,32+,33-/m0/s1. The number of carbonyl (C=O) groups excluding carboxylic acids is 2. The van der Waals surface area contributed by atoms with Gasteiger partial charge in [0.05, 0.1) is 17.8 Å². The molecule has 1 aliphatic rings. The molecule has 0 saturated carbocycles. The first kappa shape index (κ1) is 32.1. The van der Waals surface area contributed by atoms with E-state index in [1.165, 1.54) is 0 Å². The molecule has 45 heavy (non-hydrogen) atoms. The van der Waals surface area contributed by atoms with Crippen molar-refractivity contribution in [2.75, 3.05) is 13.1 Å². The van der Waals surface area contributed by atoms with Crippen molar-refractivity contribution in [2.24, 2.45) is 0 Å². The summed E-state index contributed by atoms with van der Waals surface area (Å²) >= 11 is 0. The van der Waals surface area contributed by atoms with Gasteiger partial charge in [-0.05, 0) is 79.5 Å². The molecule has 0 aliphatic carbocycles. The molecule has 3 N–H and O–H groups in total. The zero-order chi connectivity index (χ0) is 31.9. The minimum atomic E-state index is -0.865. The predicted molar refractivity (Wildman–Crippen MR) is 173 cm³/mol. The Balaban J connectivity index is 1.29. The van der Waals surface area contributed by atoms with Crippen LogP contribution in [0.1, 0.15) is 93.2 Å². The van der Waals surface area contributed by atoms with Gasteiger partial charge < -0.3 is 25.1 Å². The molecule has 2 aromatic heterocycles. The first-order valence-electron chi connectivity index (χ1n) is 15.7. The molecule has 3 heterocycles. The summed E-state index contributed by atoms with van der Waals surface area (Å²) in [5, 5.41) is 17.7. The molecule has 1 aliphatic heterocycles. The number of carbonyl (C=O) groups is 2. The van der Waals surface area contributed by atoms with E-state index in [0.717, 1.165) is 40.8 Å². The number of aliphatic hydroxyl groups excluding tert-OH is 1. The highest BCUT2D eigenvalue weighted by atomic mass is 16.3. The Labute approximate surface area is 265 Å². The number of nitrogens with one attached hydrogen (secondary N) is 2. The Bertz CT molecular complexity index is 1600. The summed E-state index contributed by atoms with van der Waals surface area (Å²) in [4.78, 5) is 38.0. The summed E-state index contributed by atoms with van der Waals surface area (Å²) in [5.74, 6) is 0.411. The van der Waals surface area contributed by atoms with Crippen LogP contribution in [0.15, 0.2) is 77.7 Å². The number of benzene rings is 2. The molecular formula is C36H43N5O4. The minimum Gasteiger partial charge on any atom is -0.446 e. The van der Waals surface area contributed by atoms with Gasteiger partial charge in [-0.15, -0.1) is 0 Å². The van der Waals surface area contributed by atoms with Crippen molar-refractivity contribution in [3.8, 4) is 0 Å². The summed E-state index contributed by atoms with van der Waals surface area (Å²) < 4.78 is 5.63. The fourth-order valence-corrected chi connectivity index (χ4v) is 5.82. The van der Waals surface area contributed by atoms with Crippen molar-refractivity contribution in [2.45, 2.75) is 77.6 Å². The van der Waals surface area contributed by atoms with E-state index in [1.54, 1.807) is 29.4 Å². The highest BCUT2D eigenvalue weighted by Gasteiger charge is 2.34. The lowest BCUT2D eigenvalue weighted by atomic mass is 9.99. The topological polar surface area (TPSA) is 121 Å². The second-order valence-electron chi connectivity index (χ2n) is 12.3. The van der Waals surface area contributed by atoms with Crippen LogP contribution < -0.4 is 10.6 Å². The van der Waals surface area contributed by atoms with Crippen molar-refractivity contribution in [3.63, 3.8) is 0 Å². The second-order valence-corrected chi connectivity index (χ2v) is 12.3. The molecule has 5 rings (SSSR count). The number of aryl methyl sites for hydroxylation is 2. The molecule has 236 valence electrons. The van der Waals surface area contributed by atoms with Crippen LogP contribution >= 0.6 is 0 Å². The number of nitrogens with zero attached hydrogens (tertiary/aromatic N) is 3. The number of pyridine rings is 1. The lowest BCUT2D eigenvalue weighted by molar-refractivity contribution is 0.0715. The Kier molecular flexibility index (Phi) is 10.4. The molecule has 0 bridgehead atoms. The Morgan fingerprint density at radius 3 is 2.56 bits per heavy atom. The molecule has 2 amide bonds. The van der Waals surface area contributed by atoms with Crippen LogP contribution in [0.25, 0.3) is 0 Å². The predicted octanol–water partition coefficient (Wildman–Crippen LogP) is 5.28. The quantitative estimate of drug-likeness (QED) is 0.200. The van der Waals surface area contributed by atoms with Crippen molar-refractivity contribution in [3.05, 3.63) is 118 Å². The van der Waals surface area contributed by atoms with Crippen LogP contribution in [-0.2, 0) is 13.0 Å². The monoisotopic (exact) mass is 609 g/mol. The number of rotatable bonds is 12. The van der Waals surface area contributed by atoms with E-state index >= 15 is 0 Å². The van der Waals surface area contributed by atoms with Crippen molar-refractivity contribution in [1.82, 2.24) is 25.5 Å². The van der Waals surface area contributed by atoms with Gasteiger partial charge in [0.1, 0.15) is 12.3 Å². The largest absolute Gasteiger partial charge is 0.446 e. The van der Waals surface area contributed by atoms with Gasteiger partial charge in [0, 0.05) is 43.2 Å². The van der Waals surface area contributed by atoms with Gasteiger partial charge >= 0.3 is 0 Å². The van der Waals surface area contributed by atoms with E-state index in [9.17, 15) is 14.7 Å². The van der Waals surface area contributed by atoms with E-state index in [2.05, 4.69) is 40.5 Å². The second kappa shape index (κ2) is 14.6. The zero-order valence-corrected chi connectivity index (χ0v) is 26.5. The average Bonchev–Trinajstić information content (AvgIpc) is 3.70. The molecule has 1 fully saturated rings. The van der Waals surface area contributed by atoms with E-state index < -0.39 is 12.1 Å². The van der Waals surface area contributed by atoms with E-state index in [-0.39, 0.29) is 24.4 Å². The molecule has 4 aromatic rings. The van der Waals surface area contributed by atoms with Crippen LogP contribution in [0.4, 0.5) is 0 Å². The average molecular weight is 610 g/mol. The summed E-state index contributed by atoms with van der Waals surface area (Å²) in [6.07, 6.45) is 6.50. The number of amides is 2. The summed E-state index contributed by atoms with van der Waals surface area (Å²) in [7, 11) is 0. The van der Waals surface area contributed by atoms with Crippen LogP contribution in [0.3, 0.4) is 0 Å². The van der Waals surface area contributed by atoms with Crippen molar-refractivity contribution in [1.29, 1.82) is 0 Å². The third-order valence-electron chi connectivity index (χ3n) is 8.27. The Hall–Kier alpha value is -4.34. The number of oxazole rings is 1. The van der Waals surface area contributed by atoms with E-state index in [0.29, 0.717) is 42.4 Å². The first-order valence-corrected chi connectivity index (χ1v) is 15.7. The highest BCUT2D eigenvalue weighted by Crippen LogP contribution is 2.33. The molecule has 0 spiro atoms. The van der Waals surface area contributed by atoms with Crippen LogP contribution in [0.2, 0.25) is 0 Å². The summed E-state index contributed by atoms with van der Waals surface area (Å²) in [6, 6.07) is 16.3. The molecule has 9 nitrogen and oxygen atoms in total. The van der Waals surface area contributed by atoms with Crippen LogP contribution in [0, 0.1) is 13.8 Å².